The van der Waals surface area contributed by atoms with Crippen molar-refractivity contribution in [2.75, 3.05) is 19.6 Å². The number of aryl methyl sites for hydroxylation is 1. The van der Waals surface area contributed by atoms with Gasteiger partial charge in [-0.1, -0.05) is 63.2 Å². The fourth-order valence-electron chi connectivity index (χ4n) is 4.38. The lowest BCUT2D eigenvalue weighted by atomic mass is 9.86. The molecule has 1 aliphatic heterocycles. The van der Waals surface area contributed by atoms with E-state index in [1.165, 1.54) is 24.0 Å². The van der Waals surface area contributed by atoms with Crippen LogP contribution in [0.25, 0.3) is 11.0 Å². The van der Waals surface area contributed by atoms with Gasteiger partial charge in [0.25, 0.3) is 5.91 Å². The molecule has 1 amide bonds. The van der Waals surface area contributed by atoms with Crippen LogP contribution in [0.1, 0.15) is 66.9 Å². The second-order valence-corrected chi connectivity index (χ2v) is 9.39. The number of rotatable bonds is 5. The van der Waals surface area contributed by atoms with Crippen molar-refractivity contribution in [1.82, 2.24) is 10.2 Å². The molecule has 1 aliphatic rings. The van der Waals surface area contributed by atoms with E-state index in [-0.39, 0.29) is 17.4 Å². The summed E-state index contributed by atoms with van der Waals surface area (Å²) in [5, 5.41) is 4.14. The van der Waals surface area contributed by atoms with E-state index in [0.29, 0.717) is 12.3 Å². The molecule has 4 nitrogen and oxygen atoms in total. The summed E-state index contributed by atoms with van der Waals surface area (Å²) >= 11 is 0. The third-order valence-electron chi connectivity index (χ3n) is 6.25. The Morgan fingerprint density at radius 2 is 1.73 bits per heavy atom. The lowest BCUT2D eigenvalue weighted by molar-refractivity contribution is 0.0911. The van der Waals surface area contributed by atoms with Crippen LogP contribution < -0.4 is 5.32 Å². The van der Waals surface area contributed by atoms with Gasteiger partial charge in [-0.25, -0.2) is 0 Å². The van der Waals surface area contributed by atoms with Crippen molar-refractivity contribution in [2.24, 2.45) is 0 Å². The zero-order valence-corrected chi connectivity index (χ0v) is 18.5. The summed E-state index contributed by atoms with van der Waals surface area (Å²) in [6.45, 7) is 11.4. The molecule has 158 valence electrons. The highest BCUT2D eigenvalue weighted by atomic mass is 16.3. The SMILES string of the molecule is Cc1c(C(=O)NCC(c2ccc(C(C)(C)C)cc2)N2CCCC2)oc2ccccc12. The van der Waals surface area contributed by atoms with Crippen LogP contribution in [0, 0.1) is 6.92 Å². The van der Waals surface area contributed by atoms with Crippen molar-refractivity contribution in [2.45, 2.75) is 52.0 Å². The number of nitrogens with zero attached hydrogens (tertiary/aromatic N) is 1. The minimum absolute atomic E-state index is 0.134. The Bertz CT molecular complexity index is 1020. The molecule has 0 aliphatic carbocycles. The van der Waals surface area contributed by atoms with Gasteiger partial charge in [-0.15, -0.1) is 0 Å². The molecule has 4 heteroatoms. The Balaban J connectivity index is 1.53. The first-order valence-electron chi connectivity index (χ1n) is 11.0. The van der Waals surface area contributed by atoms with Crippen molar-refractivity contribution in [1.29, 1.82) is 0 Å². The minimum Gasteiger partial charge on any atom is -0.451 e. The van der Waals surface area contributed by atoms with Crippen LogP contribution in [0.4, 0.5) is 0 Å². The van der Waals surface area contributed by atoms with Gasteiger partial charge in [0, 0.05) is 17.5 Å². The standard InChI is InChI=1S/C26H32N2O2/c1-18-21-9-5-6-10-23(21)30-24(18)25(29)27-17-22(28-15-7-8-16-28)19-11-13-20(14-12-19)26(2,3)4/h5-6,9-14,22H,7-8,15-17H2,1-4H3,(H,27,29). The molecule has 2 heterocycles. The minimum atomic E-state index is -0.140. The highest BCUT2D eigenvalue weighted by Gasteiger charge is 2.26. The van der Waals surface area contributed by atoms with Crippen LogP contribution in [0.15, 0.2) is 52.9 Å². The number of carbonyl (C=O) groups is 1. The van der Waals surface area contributed by atoms with Crippen LogP contribution in [-0.2, 0) is 5.41 Å². The van der Waals surface area contributed by atoms with E-state index in [1.54, 1.807) is 0 Å². The molecule has 30 heavy (non-hydrogen) atoms. The van der Waals surface area contributed by atoms with Gasteiger partial charge in [-0.2, -0.15) is 0 Å². The van der Waals surface area contributed by atoms with Gasteiger partial charge in [0.15, 0.2) is 5.76 Å². The predicted molar refractivity (Wildman–Crippen MR) is 122 cm³/mol. The Morgan fingerprint density at radius 3 is 2.37 bits per heavy atom. The second-order valence-electron chi connectivity index (χ2n) is 9.39. The predicted octanol–water partition coefficient (Wildman–Crippen LogP) is 5.61. The molecule has 0 spiro atoms. The van der Waals surface area contributed by atoms with E-state index in [1.807, 2.05) is 31.2 Å². The Hall–Kier alpha value is -2.59. The zero-order chi connectivity index (χ0) is 21.3. The fourth-order valence-corrected chi connectivity index (χ4v) is 4.38. The van der Waals surface area contributed by atoms with Gasteiger partial charge in [0.1, 0.15) is 5.58 Å². The summed E-state index contributed by atoms with van der Waals surface area (Å²) < 4.78 is 5.85. The number of carbonyl (C=O) groups excluding carboxylic acids is 1. The molecule has 1 unspecified atom stereocenters. The molecule has 1 fully saturated rings. The summed E-state index contributed by atoms with van der Waals surface area (Å²) in [7, 11) is 0. The number of fused-ring (bicyclic) bond motifs is 1. The van der Waals surface area contributed by atoms with Crippen LogP contribution in [0.2, 0.25) is 0 Å². The van der Waals surface area contributed by atoms with Crippen LogP contribution in [0.3, 0.4) is 0 Å². The molecule has 4 rings (SSSR count). The smallest absolute Gasteiger partial charge is 0.287 e. The molecule has 1 atom stereocenters. The van der Waals surface area contributed by atoms with Gasteiger partial charge < -0.3 is 9.73 Å². The maximum atomic E-state index is 12.9. The van der Waals surface area contributed by atoms with E-state index in [4.69, 9.17) is 4.42 Å². The Morgan fingerprint density at radius 1 is 1.07 bits per heavy atom. The van der Waals surface area contributed by atoms with E-state index in [0.717, 1.165) is 29.6 Å². The number of hydrogen-bond acceptors (Lipinski definition) is 3. The van der Waals surface area contributed by atoms with Crippen LogP contribution >= 0.6 is 0 Å². The summed E-state index contributed by atoms with van der Waals surface area (Å²) in [5.74, 6) is 0.277. The summed E-state index contributed by atoms with van der Waals surface area (Å²) in [6.07, 6.45) is 2.43. The number of para-hydroxylation sites is 1. The number of benzene rings is 2. The van der Waals surface area contributed by atoms with E-state index in [2.05, 4.69) is 55.3 Å². The second kappa shape index (κ2) is 8.27. The molecule has 2 aromatic carbocycles. The maximum Gasteiger partial charge on any atom is 0.287 e. The molecule has 0 saturated carbocycles. The molecular formula is C26H32N2O2. The van der Waals surface area contributed by atoms with Gasteiger partial charge in [0.2, 0.25) is 0 Å². The van der Waals surface area contributed by atoms with Gasteiger partial charge in [-0.3, -0.25) is 9.69 Å². The van der Waals surface area contributed by atoms with Gasteiger partial charge >= 0.3 is 0 Å². The van der Waals surface area contributed by atoms with E-state index >= 15 is 0 Å². The monoisotopic (exact) mass is 404 g/mol. The quantitative estimate of drug-likeness (QED) is 0.601. The van der Waals surface area contributed by atoms with Crippen molar-refractivity contribution in [3.05, 3.63) is 71.0 Å². The zero-order valence-electron chi connectivity index (χ0n) is 18.5. The number of amides is 1. The highest BCUT2D eigenvalue weighted by molar-refractivity contribution is 5.98. The van der Waals surface area contributed by atoms with Gasteiger partial charge in [0.05, 0.1) is 6.04 Å². The van der Waals surface area contributed by atoms with Gasteiger partial charge in [-0.05, 0) is 55.5 Å². The maximum absolute atomic E-state index is 12.9. The van der Waals surface area contributed by atoms with Crippen molar-refractivity contribution in [3.8, 4) is 0 Å². The first kappa shape index (κ1) is 20.7. The number of nitrogens with one attached hydrogen (secondary N) is 1. The molecule has 1 saturated heterocycles. The summed E-state index contributed by atoms with van der Waals surface area (Å²) in [5.41, 5.74) is 4.37. The molecular weight excluding hydrogens is 372 g/mol. The van der Waals surface area contributed by atoms with Crippen LogP contribution in [0.5, 0.6) is 0 Å². The first-order valence-corrected chi connectivity index (χ1v) is 11.0. The fraction of sp³-hybridized carbons (Fsp3) is 0.423. The Labute approximate surface area is 179 Å². The molecule has 1 N–H and O–H groups in total. The van der Waals surface area contributed by atoms with Crippen molar-refractivity contribution in [3.63, 3.8) is 0 Å². The number of furan rings is 1. The van der Waals surface area contributed by atoms with E-state index in [9.17, 15) is 4.79 Å². The lowest BCUT2D eigenvalue weighted by Crippen LogP contribution is -2.37. The lowest BCUT2D eigenvalue weighted by Gasteiger charge is -2.29. The normalized spacial score (nSPS) is 16.1. The number of hydrogen-bond donors (Lipinski definition) is 1. The number of likely N-dealkylation sites (tertiary alicyclic amines) is 1. The summed E-state index contributed by atoms with van der Waals surface area (Å²) in [6, 6.07) is 16.9. The molecule has 0 bridgehead atoms. The third kappa shape index (κ3) is 4.15. The van der Waals surface area contributed by atoms with Crippen molar-refractivity contribution >= 4 is 16.9 Å². The first-order chi connectivity index (χ1) is 14.3. The van der Waals surface area contributed by atoms with Crippen molar-refractivity contribution < 1.29 is 9.21 Å². The molecule has 3 aromatic rings. The average molecular weight is 405 g/mol. The highest BCUT2D eigenvalue weighted by Crippen LogP contribution is 2.29. The molecule has 1 aromatic heterocycles. The largest absolute Gasteiger partial charge is 0.451 e. The summed E-state index contributed by atoms with van der Waals surface area (Å²) in [4.78, 5) is 15.4. The average Bonchev–Trinajstić information content (AvgIpc) is 3.37. The third-order valence-corrected chi connectivity index (χ3v) is 6.25. The Kier molecular flexibility index (Phi) is 5.70. The van der Waals surface area contributed by atoms with E-state index < -0.39 is 0 Å². The topological polar surface area (TPSA) is 45.5 Å². The van der Waals surface area contributed by atoms with Crippen LogP contribution in [-0.4, -0.2) is 30.4 Å². The molecule has 0 radical (unpaired) electrons.